The van der Waals surface area contributed by atoms with Crippen LogP contribution in [0.15, 0.2) is 24.3 Å². The number of hydrogen-bond acceptors (Lipinski definition) is 2. The van der Waals surface area contributed by atoms with Crippen LogP contribution in [0.25, 0.3) is 0 Å². The summed E-state index contributed by atoms with van der Waals surface area (Å²) in [5.74, 6) is -0.704. The van der Waals surface area contributed by atoms with Crippen molar-refractivity contribution in [1.29, 1.82) is 0 Å². The molecule has 0 aliphatic carbocycles. The van der Waals surface area contributed by atoms with Gasteiger partial charge in [0.15, 0.2) is 0 Å². The monoisotopic (exact) mass is 262 g/mol. The van der Waals surface area contributed by atoms with E-state index in [0.29, 0.717) is 25.9 Å². The zero-order valence-electron chi connectivity index (χ0n) is 11.7. The van der Waals surface area contributed by atoms with Crippen molar-refractivity contribution in [2.45, 2.75) is 45.6 Å². The Morgan fingerprint density at radius 1 is 1.37 bits per heavy atom. The van der Waals surface area contributed by atoms with Crippen LogP contribution in [0.3, 0.4) is 0 Å². The molecule has 0 radical (unpaired) electrons. The molecule has 104 valence electrons. The number of carboxylic acids is 1. The van der Waals surface area contributed by atoms with Crippen LogP contribution < -0.4 is 0 Å². The minimum atomic E-state index is -0.704. The second-order valence-corrected chi connectivity index (χ2v) is 5.30. The second kappa shape index (κ2) is 5.74. The summed E-state index contributed by atoms with van der Waals surface area (Å²) in [6, 6.07) is 8.22. The Morgan fingerprint density at radius 2 is 2.05 bits per heavy atom. The van der Waals surface area contributed by atoms with Crippen molar-refractivity contribution in [3.63, 3.8) is 0 Å². The van der Waals surface area contributed by atoms with Crippen LogP contribution >= 0.6 is 0 Å². The molecule has 0 amide bonds. The van der Waals surface area contributed by atoms with Crippen molar-refractivity contribution in [3.8, 4) is 0 Å². The van der Waals surface area contributed by atoms with Crippen molar-refractivity contribution in [1.82, 2.24) is 0 Å². The standard InChI is InChI=1S/C16H22O3/c1-3-16(4-2,15(17)18)11-14-13-8-6-5-7-12(13)9-10-19-14/h5-8,14H,3-4,9-11H2,1-2H3,(H,17,18). The Kier molecular flexibility index (Phi) is 4.25. The van der Waals surface area contributed by atoms with Crippen molar-refractivity contribution in [2.75, 3.05) is 6.61 Å². The maximum absolute atomic E-state index is 11.6. The molecule has 0 aromatic heterocycles. The summed E-state index contributed by atoms with van der Waals surface area (Å²) in [5.41, 5.74) is 1.79. The molecule has 1 aromatic carbocycles. The van der Waals surface area contributed by atoms with Gasteiger partial charge in [-0.15, -0.1) is 0 Å². The van der Waals surface area contributed by atoms with Crippen molar-refractivity contribution < 1.29 is 14.6 Å². The van der Waals surface area contributed by atoms with E-state index in [1.165, 1.54) is 11.1 Å². The summed E-state index contributed by atoms with van der Waals surface area (Å²) in [6.45, 7) is 4.59. The van der Waals surface area contributed by atoms with E-state index in [1.807, 2.05) is 26.0 Å². The SMILES string of the molecule is CCC(CC)(CC1OCCc2ccccc21)C(=O)O. The van der Waals surface area contributed by atoms with Gasteiger partial charge in [0, 0.05) is 0 Å². The van der Waals surface area contributed by atoms with Gasteiger partial charge < -0.3 is 9.84 Å². The minimum absolute atomic E-state index is 0.0825. The Balaban J connectivity index is 2.26. The van der Waals surface area contributed by atoms with Gasteiger partial charge in [0.1, 0.15) is 0 Å². The molecule has 1 aromatic rings. The lowest BCUT2D eigenvalue weighted by Gasteiger charge is -2.34. The predicted octanol–water partition coefficient (Wildman–Crippen LogP) is 3.58. The number of rotatable bonds is 5. The van der Waals surface area contributed by atoms with Crippen LogP contribution in [-0.2, 0) is 16.0 Å². The summed E-state index contributed by atoms with van der Waals surface area (Å²) in [5, 5.41) is 9.55. The molecule has 0 bridgehead atoms. The van der Waals surface area contributed by atoms with Crippen molar-refractivity contribution >= 4 is 5.97 Å². The first-order valence-electron chi connectivity index (χ1n) is 7.05. The van der Waals surface area contributed by atoms with E-state index >= 15 is 0 Å². The fraction of sp³-hybridized carbons (Fsp3) is 0.562. The highest BCUT2D eigenvalue weighted by molar-refractivity contribution is 5.74. The van der Waals surface area contributed by atoms with E-state index in [2.05, 4.69) is 12.1 Å². The molecule has 0 spiro atoms. The van der Waals surface area contributed by atoms with Gasteiger partial charge in [0.05, 0.1) is 18.1 Å². The molecular weight excluding hydrogens is 240 g/mol. The van der Waals surface area contributed by atoms with E-state index in [-0.39, 0.29) is 6.10 Å². The quantitative estimate of drug-likeness (QED) is 0.882. The van der Waals surface area contributed by atoms with Gasteiger partial charge in [0.2, 0.25) is 0 Å². The molecule has 19 heavy (non-hydrogen) atoms. The number of benzene rings is 1. The van der Waals surface area contributed by atoms with Gasteiger partial charge in [-0.2, -0.15) is 0 Å². The van der Waals surface area contributed by atoms with E-state index in [1.54, 1.807) is 0 Å². The Bertz CT molecular complexity index is 449. The van der Waals surface area contributed by atoms with Gasteiger partial charge >= 0.3 is 5.97 Å². The molecule has 3 heteroatoms. The number of carboxylic acid groups (broad SMARTS) is 1. The molecule has 2 rings (SSSR count). The van der Waals surface area contributed by atoms with Gasteiger partial charge in [-0.3, -0.25) is 4.79 Å². The minimum Gasteiger partial charge on any atom is -0.481 e. The average Bonchev–Trinajstić information content (AvgIpc) is 2.44. The third-order valence-electron chi connectivity index (χ3n) is 4.48. The zero-order valence-corrected chi connectivity index (χ0v) is 11.7. The molecule has 0 saturated carbocycles. The number of hydrogen-bond donors (Lipinski definition) is 1. The highest BCUT2D eigenvalue weighted by Crippen LogP contribution is 2.41. The summed E-state index contributed by atoms with van der Waals surface area (Å²) in [4.78, 5) is 11.6. The molecule has 1 heterocycles. The number of fused-ring (bicyclic) bond motifs is 1. The first kappa shape index (κ1) is 14.1. The van der Waals surface area contributed by atoms with E-state index in [0.717, 1.165) is 6.42 Å². The summed E-state index contributed by atoms with van der Waals surface area (Å²) >= 11 is 0. The van der Waals surface area contributed by atoms with Crippen LogP contribution in [0.4, 0.5) is 0 Å². The normalized spacial score (nSPS) is 18.9. The Hall–Kier alpha value is -1.35. The third kappa shape index (κ3) is 2.66. The highest BCUT2D eigenvalue weighted by Gasteiger charge is 2.39. The Labute approximate surface area is 114 Å². The van der Waals surface area contributed by atoms with Crippen LogP contribution in [-0.4, -0.2) is 17.7 Å². The fourth-order valence-corrected chi connectivity index (χ4v) is 2.93. The molecule has 1 unspecified atom stereocenters. The molecule has 1 aliphatic rings. The molecule has 0 fully saturated rings. The first-order valence-corrected chi connectivity index (χ1v) is 7.05. The van der Waals surface area contributed by atoms with Crippen LogP contribution in [0.1, 0.15) is 50.3 Å². The lowest BCUT2D eigenvalue weighted by atomic mass is 9.75. The summed E-state index contributed by atoms with van der Waals surface area (Å²) < 4.78 is 5.85. The number of aliphatic carboxylic acids is 1. The highest BCUT2D eigenvalue weighted by atomic mass is 16.5. The van der Waals surface area contributed by atoms with Crippen molar-refractivity contribution in [2.24, 2.45) is 5.41 Å². The predicted molar refractivity (Wildman–Crippen MR) is 74.1 cm³/mol. The zero-order chi connectivity index (χ0) is 13.9. The summed E-state index contributed by atoms with van der Waals surface area (Å²) in [6.07, 6.45) is 2.68. The molecule has 1 atom stereocenters. The van der Waals surface area contributed by atoms with Crippen LogP contribution in [0.5, 0.6) is 0 Å². The number of ether oxygens (including phenoxy) is 1. The van der Waals surface area contributed by atoms with E-state index in [4.69, 9.17) is 4.74 Å². The van der Waals surface area contributed by atoms with E-state index < -0.39 is 11.4 Å². The molecule has 3 nitrogen and oxygen atoms in total. The van der Waals surface area contributed by atoms with Gasteiger partial charge in [0.25, 0.3) is 0 Å². The van der Waals surface area contributed by atoms with Crippen LogP contribution in [0, 0.1) is 5.41 Å². The van der Waals surface area contributed by atoms with Gasteiger partial charge in [-0.1, -0.05) is 38.1 Å². The second-order valence-electron chi connectivity index (χ2n) is 5.30. The Morgan fingerprint density at radius 3 is 2.68 bits per heavy atom. The maximum atomic E-state index is 11.6. The lowest BCUT2D eigenvalue weighted by molar-refractivity contribution is -0.152. The molecule has 1 N–H and O–H groups in total. The van der Waals surface area contributed by atoms with Gasteiger partial charge in [-0.05, 0) is 36.8 Å². The van der Waals surface area contributed by atoms with Crippen LogP contribution in [0.2, 0.25) is 0 Å². The molecule has 0 saturated heterocycles. The third-order valence-corrected chi connectivity index (χ3v) is 4.48. The fourth-order valence-electron chi connectivity index (χ4n) is 2.93. The summed E-state index contributed by atoms with van der Waals surface area (Å²) in [7, 11) is 0. The molecule has 1 aliphatic heterocycles. The van der Waals surface area contributed by atoms with Crippen molar-refractivity contribution in [3.05, 3.63) is 35.4 Å². The smallest absolute Gasteiger partial charge is 0.309 e. The first-order chi connectivity index (χ1) is 9.13. The van der Waals surface area contributed by atoms with Gasteiger partial charge in [-0.25, -0.2) is 0 Å². The topological polar surface area (TPSA) is 46.5 Å². The van der Waals surface area contributed by atoms with E-state index in [9.17, 15) is 9.90 Å². The maximum Gasteiger partial charge on any atom is 0.309 e. The number of carbonyl (C=O) groups is 1. The largest absolute Gasteiger partial charge is 0.481 e. The molecular formula is C16H22O3. The average molecular weight is 262 g/mol. The lowest BCUT2D eigenvalue weighted by Crippen LogP contribution is -2.33.